The van der Waals surface area contributed by atoms with Crippen LogP contribution in [0.25, 0.3) is 10.9 Å². The second-order valence-electron chi connectivity index (χ2n) is 7.40. The van der Waals surface area contributed by atoms with E-state index in [2.05, 4.69) is 15.5 Å². The summed E-state index contributed by atoms with van der Waals surface area (Å²) in [7, 11) is 2.03. The molecule has 2 heterocycles. The summed E-state index contributed by atoms with van der Waals surface area (Å²) in [6.45, 7) is 2.82. The second-order valence-corrected chi connectivity index (χ2v) is 7.40. The van der Waals surface area contributed by atoms with E-state index >= 15 is 0 Å². The van der Waals surface area contributed by atoms with Crippen LogP contribution in [0.3, 0.4) is 0 Å². The molecule has 140 valence electrons. The van der Waals surface area contributed by atoms with Gasteiger partial charge in [0.05, 0.1) is 5.56 Å². The molecule has 0 saturated carbocycles. The summed E-state index contributed by atoms with van der Waals surface area (Å²) in [6, 6.07) is 14.3. The minimum absolute atomic E-state index is 0.206. The summed E-state index contributed by atoms with van der Waals surface area (Å²) in [5.41, 5.74) is 3.75. The number of benzene rings is 2. The fourth-order valence-electron chi connectivity index (χ4n) is 4.13. The maximum absolute atomic E-state index is 13.5. The van der Waals surface area contributed by atoms with Crippen LogP contribution in [0, 0.1) is 5.82 Å². The standard InChI is InChI=1S/C22H23FN2O2/c1-24-20(12-18-11-19(23)8-9-21(18)24)14-25-10-2-3-17(13-25)15-4-6-16(7-5-15)22(26)27/h4-9,11-12,17H,2-3,10,13-14H2,1H3,(H,26,27)/t17-/m0/s1. The van der Waals surface area contributed by atoms with Crippen LogP contribution in [0.4, 0.5) is 4.39 Å². The number of fused-ring (bicyclic) bond motifs is 1. The average molecular weight is 366 g/mol. The highest BCUT2D eigenvalue weighted by Gasteiger charge is 2.22. The number of aromatic nitrogens is 1. The van der Waals surface area contributed by atoms with Gasteiger partial charge in [-0.05, 0) is 67.3 Å². The first-order valence-electron chi connectivity index (χ1n) is 9.31. The molecule has 0 radical (unpaired) electrons. The Bertz CT molecular complexity index is 978. The van der Waals surface area contributed by atoms with Crippen LogP contribution in [0.1, 0.15) is 40.4 Å². The highest BCUT2D eigenvalue weighted by molar-refractivity contribution is 5.87. The van der Waals surface area contributed by atoms with Crippen LogP contribution in [0.2, 0.25) is 0 Å². The Labute approximate surface area is 157 Å². The molecule has 0 bridgehead atoms. The van der Waals surface area contributed by atoms with Gasteiger partial charge >= 0.3 is 5.97 Å². The zero-order valence-corrected chi connectivity index (χ0v) is 15.4. The molecule has 1 aliphatic rings. The van der Waals surface area contributed by atoms with Gasteiger partial charge in [0.15, 0.2) is 0 Å². The van der Waals surface area contributed by atoms with Gasteiger partial charge in [-0.3, -0.25) is 4.90 Å². The first-order chi connectivity index (χ1) is 13.0. The van der Waals surface area contributed by atoms with E-state index in [0.717, 1.165) is 43.4 Å². The van der Waals surface area contributed by atoms with Crippen molar-refractivity contribution in [2.75, 3.05) is 13.1 Å². The first-order valence-corrected chi connectivity index (χ1v) is 9.31. The van der Waals surface area contributed by atoms with Gasteiger partial charge < -0.3 is 9.67 Å². The lowest BCUT2D eigenvalue weighted by molar-refractivity contribution is 0.0697. The summed E-state index contributed by atoms with van der Waals surface area (Å²) in [5, 5.41) is 10.00. The first kappa shape index (κ1) is 17.7. The van der Waals surface area contributed by atoms with Crippen LogP contribution in [0.5, 0.6) is 0 Å². The van der Waals surface area contributed by atoms with Crippen molar-refractivity contribution in [3.8, 4) is 0 Å². The smallest absolute Gasteiger partial charge is 0.335 e. The van der Waals surface area contributed by atoms with E-state index in [9.17, 15) is 9.18 Å². The van der Waals surface area contributed by atoms with Crippen LogP contribution in [0.15, 0.2) is 48.5 Å². The lowest BCUT2D eigenvalue weighted by Crippen LogP contribution is -2.34. The number of carbonyl (C=O) groups is 1. The molecule has 1 atom stereocenters. The highest BCUT2D eigenvalue weighted by Crippen LogP contribution is 2.29. The van der Waals surface area contributed by atoms with Crippen LogP contribution in [-0.2, 0) is 13.6 Å². The van der Waals surface area contributed by atoms with Gasteiger partial charge in [0.25, 0.3) is 0 Å². The monoisotopic (exact) mass is 366 g/mol. The van der Waals surface area contributed by atoms with Crippen molar-refractivity contribution in [2.24, 2.45) is 7.05 Å². The number of hydrogen-bond donors (Lipinski definition) is 1. The number of halogens is 1. The van der Waals surface area contributed by atoms with Gasteiger partial charge in [0.2, 0.25) is 0 Å². The number of likely N-dealkylation sites (tertiary alicyclic amines) is 1. The summed E-state index contributed by atoms with van der Waals surface area (Å²) in [4.78, 5) is 13.5. The summed E-state index contributed by atoms with van der Waals surface area (Å²) < 4.78 is 15.6. The van der Waals surface area contributed by atoms with E-state index in [4.69, 9.17) is 5.11 Å². The largest absolute Gasteiger partial charge is 0.478 e. The SMILES string of the molecule is Cn1c(CN2CCC[C@H](c3ccc(C(=O)O)cc3)C2)cc2cc(F)ccc21. The van der Waals surface area contributed by atoms with E-state index in [1.165, 1.54) is 17.3 Å². The number of piperidine rings is 1. The van der Waals surface area contributed by atoms with E-state index in [1.54, 1.807) is 18.2 Å². The van der Waals surface area contributed by atoms with Crippen molar-refractivity contribution in [1.82, 2.24) is 9.47 Å². The quantitative estimate of drug-likeness (QED) is 0.745. The van der Waals surface area contributed by atoms with Crippen molar-refractivity contribution in [2.45, 2.75) is 25.3 Å². The lowest BCUT2D eigenvalue weighted by Gasteiger charge is -2.33. The molecule has 1 aromatic heterocycles. The van der Waals surface area contributed by atoms with Crippen LogP contribution in [-0.4, -0.2) is 33.6 Å². The number of rotatable bonds is 4. The van der Waals surface area contributed by atoms with E-state index in [-0.39, 0.29) is 5.82 Å². The fraction of sp³-hybridized carbons (Fsp3) is 0.318. The molecule has 27 heavy (non-hydrogen) atoms. The van der Waals surface area contributed by atoms with E-state index in [1.807, 2.05) is 25.2 Å². The Morgan fingerprint density at radius 2 is 1.96 bits per heavy atom. The molecule has 0 amide bonds. The van der Waals surface area contributed by atoms with Crippen molar-refractivity contribution in [3.05, 3.63) is 71.2 Å². The van der Waals surface area contributed by atoms with Gasteiger partial charge in [-0.15, -0.1) is 0 Å². The number of carboxylic acid groups (broad SMARTS) is 1. The van der Waals surface area contributed by atoms with Gasteiger partial charge in [-0.1, -0.05) is 12.1 Å². The van der Waals surface area contributed by atoms with Gasteiger partial charge in [0, 0.05) is 36.7 Å². The van der Waals surface area contributed by atoms with Gasteiger partial charge in [-0.2, -0.15) is 0 Å². The molecule has 1 fully saturated rings. The highest BCUT2D eigenvalue weighted by atomic mass is 19.1. The minimum Gasteiger partial charge on any atom is -0.478 e. The number of hydrogen-bond acceptors (Lipinski definition) is 2. The van der Waals surface area contributed by atoms with Crippen molar-refractivity contribution in [1.29, 1.82) is 0 Å². The Hall–Kier alpha value is -2.66. The molecule has 1 saturated heterocycles. The molecular formula is C22H23FN2O2. The number of aromatic carboxylic acids is 1. The van der Waals surface area contributed by atoms with E-state index in [0.29, 0.717) is 11.5 Å². The fourth-order valence-corrected chi connectivity index (χ4v) is 4.13. The third-order valence-electron chi connectivity index (χ3n) is 5.62. The molecular weight excluding hydrogens is 343 g/mol. The Morgan fingerprint density at radius 1 is 1.19 bits per heavy atom. The molecule has 1 N–H and O–H groups in total. The third-order valence-corrected chi connectivity index (χ3v) is 5.62. The minimum atomic E-state index is -0.890. The Morgan fingerprint density at radius 3 is 2.70 bits per heavy atom. The normalized spacial score (nSPS) is 18.1. The van der Waals surface area contributed by atoms with Gasteiger partial charge in [0.1, 0.15) is 5.82 Å². The molecule has 0 spiro atoms. The summed E-state index contributed by atoms with van der Waals surface area (Å²) in [6.07, 6.45) is 2.23. The molecule has 0 aliphatic carbocycles. The molecule has 5 heteroatoms. The zero-order chi connectivity index (χ0) is 19.0. The second kappa shape index (κ2) is 7.16. The molecule has 4 nitrogen and oxygen atoms in total. The van der Waals surface area contributed by atoms with Crippen molar-refractivity contribution >= 4 is 16.9 Å². The number of nitrogens with zero attached hydrogens (tertiary/aromatic N) is 2. The van der Waals surface area contributed by atoms with E-state index < -0.39 is 5.97 Å². The van der Waals surface area contributed by atoms with Crippen molar-refractivity contribution in [3.63, 3.8) is 0 Å². The maximum Gasteiger partial charge on any atom is 0.335 e. The molecule has 1 aliphatic heterocycles. The summed E-state index contributed by atoms with van der Waals surface area (Å²) >= 11 is 0. The molecule has 0 unspecified atom stereocenters. The molecule has 3 aromatic rings. The van der Waals surface area contributed by atoms with Crippen molar-refractivity contribution < 1.29 is 14.3 Å². The predicted octanol–water partition coefficient (Wildman–Crippen LogP) is 4.40. The number of carboxylic acids is 1. The zero-order valence-electron chi connectivity index (χ0n) is 15.4. The maximum atomic E-state index is 13.5. The third kappa shape index (κ3) is 3.60. The molecule has 2 aromatic carbocycles. The summed E-state index contributed by atoms with van der Waals surface area (Å²) in [5.74, 6) is -0.685. The van der Waals surface area contributed by atoms with Gasteiger partial charge in [-0.25, -0.2) is 9.18 Å². The molecule has 4 rings (SSSR count). The lowest BCUT2D eigenvalue weighted by atomic mass is 9.90. The number of aryl methyl sites for hydroxylation is 1. The Balaban J connectivity index is 1.50. The van der Waals surface area contributed by atoms with Crippen LogP contribution < -0.4 is 0 Å². The predicted molar refractivity (Wildman–Crippen MR) is 104 cm³/mol. The average Bonchev–Trinajstić information content (AvgIpc) is 2.97. The van der Waals surface area contributed by atoms with Crippen LogP contribution >= 0.6 is 0 Å². The topological polar surface area (TPSA) is 45.5 Å². The Kier molecular flexibility index (Phi) is 4.70.